The molecule has 1 saturated heterocycles. The van der Waals surface area contributed by atoms with Crippen LogP contribution >= 0.6 is 0 Å². The molecule has 3 rings (SSSR count). The van der Waals surface area contributed by atoms with Gasteiger partial charge in [-0.2, -0.15) is 0 Å². The molecule has 0 bridgehead atoms. The molecule has 0 radical (unpaired) electrons. The van der Waals surface area contributed by atoms with Gasteiger partial charge in [0, 0.05) is 25.0 Å². The summed E-state index contributed by atoms with van der Waals surface area (Å²) in [5.74, 6) is 1.25. The molecule has 2 aromatic carbocycles. The van der Waals surface area contributed by atoms with Crippen molar-refractivity contribution in [2.75, 3.05) is 32.7 Å². The zero-order valence-electron chi connectivity index (χ0n) is 24.1. The third-order valence-corrected chi connectivity index (χ3v) is 8.22. The molecule has 0 aromatic heterocycles. The second kappa shape index (κ2) is 18.0. The van der Waals surface area contributed by atoms with Crippen molar-refractivity contribution in [3.8, 4) is 5.75 Å². The average molecular weight is 537 g/mol. The van der Waals surface area contributed by atoms with Gasteiger partial charge >= 0.3 is 0 Å². The lowest BCUT2D eigenvalue weighted by Gasteiger charge is -2.40. The predicted molar refractivity (Wildman–Crippen MR) is 162 cm³/mol. The Morgan fingerprint density at radius 1 is 0.923 bits per heavy atom. The molecule has 2 atom stereocenters. The van der Waals surface area contributed by atoms with Gasteiger partial charge in [0.25, 0.3) is 0 Å². The van der Waals surface area contributed by atoms with Gasteiger partial charge in [0.2, 0.25) is 5.91 Å². The van der Waals surface area contributed by atoms with Crippen molar-refractivity contribution < 1.29 is 9.90 Å². The summed E-state index contributed by atoms with van der Waals surface area (Å²) in [5, 5.41) is 16.7. The first-order chi connectivity index (χ1) is 19.1. The molecular formula is C33H52N4O2. The van der Waals surface area contributed by atoms with E-state index in [1.54, 1.807) is 12.1 Å². The number of nitrogens with two attached hydrogens (primary N) is 1. The van der Waals surface area contributed by atoms with Crippen molar-refractivity contribution in [3.63, 3.8) is 0 Å². The highest BCUT2D eigenvalue weighted by Crippen LogP contribution is 2.28. The van der Waals surface area contributed by atoms with Crippen LogP contribution in [0.2, 0.25) is 0 Å². The third kappa shape index (κ3) is 11.7. The number of aromatic hydroxyl groups is 1. The number of carbonyl (C=O) groups excluding carboxylic acids is 1. The quantitative estimate of drug-likeness (QED) is 0.187. The molecule has 2 aromatic rings. The van der Waals surface area contributed by atoms with Gasteiger partial charge in [-0.1, -0.05) is 61.7 Å². The molecule has 5 N–H and O–H groups in total. The summed E-state index contributed by atoms with van der Waals surface area (Å²) < 4.78 is 0. The maximum absolute atomic E-state index is 11.9. The molecule has 1 amide bonds. The largest absolute Gasteiger partial charge is 0.508 e. The van der Waals surface area contributed by atoms with Crippen LogP contribution in [0.3, 0.4) is 0 Å². The monoisotopic (exact) mass is 536 g/mol. The number of phenols is 1. The van der Waals surface area contributed by atoms with Crippen LogP contribution in [0.5, 0.6) is 5.75 Å². The Kier molecular flexibility index (Phi) is 14.4. The Hall–Kier alpha value is -2.41. The molecule has 0 spiro atoms. The fourth-order valence-electron chi connectivity index (χ4n) is 5.76. The number of benzene rings is 2. The van der Waals surface area contributed by atoms with Crippen LogP contribution in [0.1, 0.15) is 88.3 Å². The zero-order valence-corrected chi connectivity index (χ0v) is 24.1. The number of rotatable bonds is 18. The van der Waals surface area contributed by atoms with E-state index in [9.17, 15) is 9.90 Å². The molecule has 1 aliphatic heterocycles. The number of carbonyl (C=O) groups is 1. The van der Waals surface area contributed by atoms with Gasteiger partial charge in [0.05, 0.1) is 0 Å². The van der Waals surface area contributed by atoms with Gasteiger partial charge < -0.3 is 21.5 Å². The summed E-state index contributed by atoms with van der Waals surface area (Å²) in [4.78, 5) is 14.5. The number of unbranched alkanes of at least 4 members (excludes halogenated alkanes) is 5. The molecule has 216 valence electrons. The number of phenolic OH excluding ortho intramolecular Hbond substituents is 1. The van der Waals surface area contributed by atoms with E-state index in [1.807, 2.05) is 0 Å². The third-order valence-electron chi connectivity index (χ3n) is 8.22. The van der Waals surface area contributed by atoms with Crippen LogP contribution in [-0.4, -0.2) is 54.7 Å². The normalized spacial score (nSPS) is 16.2. The highest BCUT2D eigenvalue weighted by molar-refractivity contribution is 5.75. The van der Waals surface area contributed by atoms with E-state index < -0.39 is 0 Å². The molecule has 1 fully saturated rings. The van der Waals surface area contributed by atoms with E-state index in [0.29, 0.717) is 24.8 Å². The van der Waals surface area contributed by atoms with Crippen molar-refractivity contribution in [2.24, 2.45) is 11.7 Å². The van der Waals surface area contributed by atoms with Crippen LogP contribution < -0.4 is 16.4 Å². The van der Waals surface area contributed by atoms with Crippen LogP contribution in [0.15, 0.2) is 54.6 Å². The number of amides is 1. The van der Waals surface area contributed by atoms with Crippen LogP contribution in [-0.2, 0) is 11.2 Å². The van der Waals surface area contributed by atoms with E-state index in [-0.39, 0.29) is 11.9 Å². The highest BCUT2D eigenvalue weighted by atomic mass is 16.3. The van der Waals surface area contributed by atoms with Gasteiger partial charge in [0.1, 0.15) is 5.75 Å². The van der Waals surface area contributed by atoms with Crippen molar-refractivity contribution in [1.82, 2.24) is 15.5 Å². The molecule has 6 nitrogen and oxygen atoms in total. The topological polar surface area (TPSA) is 90.6 Å². The number of nitrogens with one attached hydrogen (secondary N) is 2. The minimum atomic E-state index is 0.170. The standard InChI is InChI=1S/C33H52N4O2/c1-27(37-24-19-29(20-25-37)26-28-12-6-4-7-13-28)33(30-15-17-31(38)18-16-30)36-23-11-3-2-10-22-35-32(39)14-8-5-9-21-34/h4,6-7,12-13,15-18,27,29,33,36,38H,2-3,5,8-11,14,19-26,34H2,1H3,(H,35,39)/t27-,33+/m1/s1. The fourth-order valence-corrected chi connectivity index (χ4v) is 5.76. The van der Waals surface area contributed by atoms with Gasteiger partial charge in [-0.25, -0.2) is 0 Å². The van der Waals surface area contributed by atoms with Crippen LogP contribution in [0, 0.1) is 5.92 Å². The number of piperidine rings is 1. The molecule has 1 heterocycles. The molecule has 6 heteroatoms. The summed E-state index contributed by atoms with van der Waals surface area (Å²) in [5.41, 5.74) is 8.19. The second-order valence-corrected chi connectivity index (χ2v) is 11.3. The predicted octanol–water partition coefficient (Wildman–Crippen LogP) is 5.56. The second-order valence-electron chi connectivity index (χ2n) is 11.3. The van der Waals surface area contributed by atoms with Gasteiger partial charge in [-0.15, -0.1) is 0 Å². The molecule has 39 heavy (non-hydrogen) atoms. The Balaban J connectivity index is 1.38. The first kappa shape index (κ1) is 31.1. The summed E-state index contributed by atoms with van der Waals surface area (Å²) in [6.07, 6.45) is 11.7. The Morgan fingerprint density at radius 3 is 2.28 bits per heavy atom. The summed E-state index contributed by atoms with van der Waals surface area (Å²) in [6, 6.07) is 19.2. The van der Waals surface area contributed by atoms with Crippen molar-refractivity contribution in [1.29, 1.82) is 0 Å². The number of hydrogen-bond acceptors (Lipinski definition) is 5. The Labute approximate surface area is 236 Å². The number of nitrogens with zero attached hydrogens (tertiary/aromatic N) is 1. The van der Waals surface area contributed by atoms with Gasteiger partial charge in [-0.05, 0) is 107 Å². The molecule has 0 unspecified atom stereocenters. The van der Waals surface area contributed by atoms with Gasteiger partial charge in [-0.3, -0.25) is 9.69 Å². The number of hydrogen-bond donors (Lipinski definition) is 4. The van der Waals surface area contributed by atoms with Crippen molar-refractivity contribution in [3.05, 3.63) is 65.7 Å². The Bertz CT molecular complexity index is 913. The summed E-state index contributed by atoms with van der Waals surface area (Å²) in [7, 11) is 0. The van der Waals surface area contributed by atoms with Crippen molar-refractivity contribution in [2.45, 2.75) is 89.6 Å². The maximum atomic E-state index is 11.9. The summed E-state index contributed by atoms with van der Waals surface area (Å²) >= 11 is 0. The molecule has 0 aliphatic carbocycles. The van der Waals surface area contributed by atoms with E-state index in [0.717, 1.165) is 77.0 Å². The Morgan fingerprint density at radius 2 is 1.59 bits per heavy atom. The molecule has 1 aliphatic rings. The minimum Gasteiger partial charge on any atom is -0.508 e. The van der Waals surface area contributed by atoms with Crippen molar-refractivity contribution >= 4 is 5.91 Å². The van der Waals surface area contributed by atoms with Crippen LogP contribution in [0.25, 0.3) is 0 Å². The molecule has 0 saturated carbocycles. The highest BCUT2D eigenvalue weighted by Gasteiger charge is 2.28. The van der Waals surface area contributed by atoms with Crippen LogP contribution in [0.4, 0.5) is 0 Å². The minimum absolute atomic E-state index is 0.170. The first-order valence-corrected chi connectivity index (χ1v) is 15.3. The van der Waals surface area contributed by atoms with Gasteiger partial charge in [0.15, 0.2) is 0 Å². The smallest absolute Gasteiger partial charge is 0.219 e. The van der Waals surface area contributed by atoms with E-state index in [1.165, 1.54) is 30.4 Å². The molecular weight excluding hydrogens is 484 g/mol. The maximum Gasteiger partial charge on any atom is 0.219 e. The van der Waals surface area contributed by atoms with E-state index in [4.69, 9.17) is 5.73 Å². The van der Waals surface area contributed by atoms with E-state index in [2.05, 4.69) is 64.9 Å². The SMILES string of the molecule is C[C@H]([C@H](NCCCCCCNC(=O)CCCCCN)c1ccc(O)cc1)N1CCC(Cc2ccccc2)CC1. The first-order valence-electron chi connectivity index (χ1n) is 15.3. The fraction of sp³-hybridized carbons (Fsp3) is 0.606. The number of likely N-dealkylation sites (tertiary alicyclic amines) is 1. The zero-order chi connectivity index (χ0) is 27.7. The lowest BCUT2D eigenvalue weighted by atomic mass is 9.88. The summed E-state index contributed by atoms with van der Waals surface area (Å²) in [6.45, 7) is 7.06. The lowest BCUT2D eigenvalue weighted by molar-refractivity contribution is -0.121. The average Bonchev–Trinajstić information content (AvgIpc) is 2.96. The van der Waals surface area contributed by atoms with E-state index >= 15 is 0 Å². The lowest BCUT2D eigenvalue weighted by Crippen LogP contribution is -2.47.